The maximum atomic E-state index is 5.92. The molecule has 2 aliphatic rings. The van der Waals surface area contributed by atoms with E-state index in [1.807, 2.05) is 12.1 Å². The quantitative estimate of drug-likeness (QED) is 0.496. The summed E-state index contributed by atoms with van der Waals surface area (Å²) >= 11 is 0. The van der Waals surface area contributed by atoms with Gasteiger partial charge in [-0.1, -0.05) is 20.8 Å². The minimum absolute atomic E-state index is 0.446. The fourth-order valence-electron chi connectivity index (χ4n) is 3.78. The average molecular weight is 182 g/mol. The lowest BCUT2D eigenvalue weighted by molar-refractivity contribution is 0.0582. The van der Waals surface area contributed by atoms with Crippen LogP contribution in [0, 0.1) is 16.7 Å². The number of rotatable bonds is 1. The third-order valence-corrected chi connectivity index (χ3v) is 5.24. The van der Waals surface area contributed by atoms with E-state index in [9.17, 15) is 0 Å². The molecule has 0 radical (unpaired) electrons. The van der Waals surface area contributed by atoms with Crippen molar-refractivity contribution in [2.75, 3.05) is 7.05 Å². The van der Waals surface area contributed by atoms with E-state index in [4.69, 9.17) is 5.84 Å². The summed E-state index contributed by atoms with van der Waals surface area (Å²) in [6.07, 6.45) is 4.07. The minimum Gasteiger partial charge on any atom is -0.269 e. The normalized spacial score (nSPS) is 47.5. The van der Waals surface area contributed by atoms with Gasteiger partial charge in [0.25, 0.3) is 0 Å². The van der Waals surface area contributed by atoms with E-state index in [0.717, 1.165) is 5.92 Å². The molecule has 0 aliphatic heterocycles. The van der Waals surface area contributed by atoms with Crippen molar-refractivity contribution in [1.29, 1.82) is 0 Å². The first-order valence-electron chi connectivity index (χ1n) is 5.37. The number of hydrogen-bond acceptors (Lipinski definition) is 2. The van der Waals surface area contributed by atoms with Crippen molar-refractivity contribution in [3.8, 4) is 0 Å². The smallest absolute Gasteiger partial charge is 0.0299 e. The van der Waals surface area contributed by atoms with Gasteiger partial charge >= 0.3 is 0 Å². The first-order valence-corrected chi connectivity index (χ1v) is 5.37. The van der Waals surface area contributed by atoms with Crippen LogP contribution in [0.5, 0.6) is 0 Å². The molecule has 2 saturated carbocycles. The second-order valence-corrected chi connectivity index (χ2v) is 5.79. The molecule has 2 heteroatoms. The lowest BCUT2D eigenvalue weighted by Gasteiger charge is -2.41. The van der Waals surface area contributed by atoms with E-state index in [-0.39, 0.29) is 0 Å². The predicted molar refractivity (Wildman–Crippen MR) is 55.0 cm³/mol. The van der Waals surface area contributed by atoms with Gasteiger partial charge in [0.05, 0.1) is 0 Å². The van der Waals surface area contributed by atoms with Crippen LogP contribution in [-0.4, -0.2) is 18.1 Å². The molecule has 0 saturated heterocycles. The minimum atomic E-state index is 0.446. The van der Waals surface area contributed by atoms with E-state index in [2.05, 4.69) is 20.8 Å². The summed E-state index contributed by atoms with van der Waals surface area (Å²) in [4.78, 5) is 0. The van der Waals surface area contributed by atoms with Crippen LogP contribution in [0.15, 0.2) is 0 Å². The maximum absolute atomic E-state index is 5.92. The van der Waals surface area contributed by atoms with Crippen molar-refractivity contribution in [3.63, 3.8) is 0 Å². The van der Waals surface area contributed by atoms with Crippen LogP contribution in [0.25, 0.3) is 0 Å². The molecule has 0 aromatic rings. The Balaban J connectivity index is 2.33. The fraction of sp³-hybridized carbons (Fsp3) is 1.00. The molecule has 0 aromatic heterocycles. The van der Waals surface area contributed by atoms with Crippen LogP contribution in [0.4, 0.5) is 0 Å². The summed E-state index contributed by atoms with van der Waals surface area (Å²) in [5.41, 5.74) is 0.937. The van der Waals surface area contributed by atoms with Gasteiger partial charge < -0.3 is 0 Å². The van der Waals surface area contributed by atoms with Crippen molar-refractivity contribution >= 4 is 0 Å². The monoisotopic (exact) mass is 182 g/mol. The molecule has 2 nitrogen and oxygen atoms in total. The zero-order chi connectivity index (χ0) is 9.85. The second kappa shape index (κ2) is 2.48. The molecule has 0 amide bonds. The van der Waals surface area contributed by atoms with Gasteiger partial charge in [-0.2, -0.15) is 0 Å². The van der Waals surface area contributed by atoms with Crippen LogP contribution < -0.4 is 5.84 Å². The third-order valence-electron chi connectivity index (χ3n) is 5.24. The Labute approximate surface area is 81.4 Å². The van der Waals surface area contributed by atoms with E-state index in [1.165, 1.54) is 19.3 Å². The Morgan fingerprint density at radius 3 is 2.15 bits per heavy atom. The summed E-state index contributed by atoms with van der Waals surface area (Å²) in [5, 5.41) is 1.95. The van der Waals surface area contributed by atoms with E-state index in [1.54, 1.807) is 0 Å². The van der Waals surface area contributed by atoms with Gasteiger partial charge in [-0.3, -0.25) is 5.84 Å². The van der Waals surface area contributed by atoms with Crippen LogP contribution >= 0.6 is 0 Å². The molecule has 2 N–H and O–H groups in total. The molecule has 0 heterocycles. The molecule has 2 fully saturated rings. The largest absolute Gasteiger partial charge is 0.269 e. The van der Waals surface area contributed by atoms with Crippen molar-refractivity contribution in [2.24, 2.45) is 22.6 Å². The third kappa shape index (κ3) is 0.962. The maximum Gasteiger partial charge on any atom is 0.0299 e. The topological polar surface area (TPSA) is 29.3 Å². The number of nitrogens with zero attached hydrogens (tertiary/aromatic N) is 1. The summed E-state index contributed by atoms with van der Waals surface area (Å²) in [6.45, 7) is 7.27. The highest BCUT2D eigenvalue weighted by Crippen LogP contribution is 2.66. The van der Waals surface area contributed by atoms with Gasteiger partial charge in [0.15, 0.2) is 0 Å². The Morgan fingerprint density at radius 1 is 1.31 bits per heavy atom. The number of fused-ring (bicyclic) bond motifs is 2. The van der Waals surface area contributed by atoms with Gasteiger partial charge in [0.2, 0.25) is 0 Å². The van der Waals surface area contributed by atoms with Crippen LogP contribution in [0.2, 0.25) is 0 Å². The molecule has 2 bridgehead atoms. The van der Waals surface area contributed by atoms with Crippen molar-refractivity contribution in [2.45, 2.75) is 46.1 Å². The van der Waals surface area contributed by atoms with E-state index in [0.29, 0.717) is 16.9 Å². The second-order valence-electron chi connectivity index (χ2n) is 5.79. The van der Waals surface area contributed by atoms with Crippen molar-refractivity contribution < 1.29 is 0 Å². The molecule has 3 unspecified atom stereocenters. The Morgan fingerprint density at radius 2 is 1.92 bits per heavy atom. The Bertz CT molecular complexity index is 222. The van der Waals surface area contributed by atoms with E-state index >= 15 is 0 Å². The molecular weight excluding hydrogens is 160 g/mol. The molecule has 76 valence electrons. The van der Waals surface area contributed by atoms with Crippen LogP contribution in [-0.2, 0) is 0 Å². The summed E-state index contributed by atoms with van der Waals surface area (Å²) in [5.74, 6) is 6.82. The standard InChI is InChI=1S/C11H22N2/c1-10(2)8-5-6-11(10,3)9(7-8)13(4)12/h8-9H,5-7,12H2,1-4H3. The zero-order valence-electron chi connectivity index (χ0n) is 9.30. The first-order chi connectivity index (χ1) is 5.89. The van der Waals surface area contributed by atoms with Gasteiger partial charge in [0.1, 0.15) is 0 Å². The molecule has 2 aliphatic carbocycles. The number of hydrogen-bond donors (Lipinski definition) is 1. The van der Waals surface area contributed by atoms with Crippen molar-refractivity contribution in [1.82, 2.24) is 5.01 Å². The molecule has 3 atom stereocenters. The molecule has 0 spiro atoms. The fourth-order valence-corrected chi connectivity index (χ4v) is 3.78. The van der Waals surface area contributed by atoms with Gasteiger partial charge in [-0.15, -0.1) is 0 Å². The lowest BCUT2D eigenvalue weighted by Crippen LogP contribution is -2.48. The predicted octanol–water partition coefficient (Wildman–Crippen LogP) is 2.01. The summed E-state index contributed by atoms with van der Waals surface area (Å²) in [7, 11) is 2.02. The van der Waals surface area contributed by atoms with Gasteiger partial charge in [0, 0.05) is 13.1 Å². The summed E-state index contributed by atoms with van der Waals surface area (Å²) in [6, 6.07) is 0.598. The highest BCUT2D eigenvalue weighted by molar-refractivity contribution is 5.12. The van der Waals surface area contributed by atoms with E-state index < -0.39 is 0 Å². The molecule has 0 aromatic carbocycles. The Hall–Kier alpha value is -0.0800. The number of nitrogens with two attached hydrogens (primary N) is 1. The first kappa shape index (κ1) is 9.47. The highest BCUT2D eigenvalue weighted by Gasteiger charge is 2.61. The SMILES string of the molecule is CN(N)C1CC2CCC1(C)C2(C)C. The Kier molecular flexibility index (Phi) is 1.81. The van der Waals surface area contributed by atoms with Crippen LogP contribution in [0.1, 0.15) is 40.0 Å². The van der Waals surface area contributed by atoms with Gasteiger partial charge in [-0.25, -0.2) is 5.01 Å². The summed E-state index contributed by atoms with van der Waals surface area (Å²) < 4.78 is 0. The molecule has 13 heavy (non-hydrogen) atoms. The van der Waals surface area contributed by atoms with Crippen LogP contribution in [0.3, 0.4) is 0 Å². The highest BCUT2D eigenvalue weighted by atomic mass is 15.4. The number of hydrazine groups is 1. The van der Waals surface area contributed by atoms with Gasteiger partial charge in [-0.05, 0) is 36.0 Å². The molecule has 2 rings (SSSR count). The zero-order valence-corrected chi connectivity index (χ0v) is 9.30. The van der Waals surface area contributed by atoms with Crippen molar-refractivity contribution in [3.05, 3.63) is 0 Å². The average Bonchev–Trinajstić information content (AvgIpc) is 2.34. The molecular formula is C11H22N2. The lowest BCUT2D eigenvalue weighted by atomic mass is 9.69.